The van der Waals surface area contributed by atoms with Crippen LogP contribution in [-0.2, 0) is 21.7 Å². The standard InChI is InChI=1S/C18H18ClN3O5S/c1-9-6-14(27-21-9)15-10(8-28(25)26)2-5-12(16(15)19)17(23)13-7-20-22(18(13)24)11-3-4-11/h2,5,7,11,14,20H,3-4,6,8H2,1H3,(H,25,26). The Hall–Kier alpha value is -2.23. The van der Waals surface area contributed by atoms with Gasteiger partial charge in [-0.15, -0.1) is 0 Å². The van der Waals surface area contributed by atoms with Gasteiger partial charge in [0.05, 0.1) is 22.5 Å². The quantitative estimate of drug-likeness (QED) is 0.547. The zero-order valence-electron chi connectivity index (χ0n) is 15.0. The van der Waals surface area contributed by atoms with E-state index in [-0.39, 0.29) is 33.5 Å². The summed E-state index contributed by atoms with van der Waals surface area (Å²) in [5, 5.41) is 6.86. The first-order valence-electron chi connectivity index (χ1n) is 8.79. The van der Waals surface area contributed by atoms with Gasteiger partial charge >= 0.3 is 0 Å². The number of aromatic nitrogens is 2. The number of carbonyl (C=O) groups excluding carboxylic acids is 1. The van der Waals surface area contributed by atoms with E-state index >= 15 is 0 Å². The minimum atomic E-state index is -2.09. The van der Waals surface area contributed by atoms with Crippen LogP contribution in [0.15, 0.2) is 28.3 Å². The van der Waals surface area contributed by atoms with E-state index in [0.717, 1.165) is 18.6 Å². The lowest BCUT2D eigenvalue weighted by molar-refractivity contribution is 0.0851. The molecule has 2 aromatic rings. The molecule has 4 rings (SSSR count). The van der Waals surface area contributed by atoms with Crippen molar-refractivity contribution in [3.8, 4) is 0 Å². The summed E-state index contributed by atoms with van der Waals surface area (Å²) in [6, 6.07) is 3.17. The molecule has 148 valence electrons. The van der Waals surface area contributed by atoms with Crippen molar-refractivity contribution >= 4 is 34.2 Å². The van der Waals surface area contributed by atoms with Gasteiger partial charge in [0, 0.05) is 23.7 Å². The second-order valence-corrected chi connectivity index (χ2v) is 8.32. The second-order valence-electron chi connectivity index (χ2n) is 7.01. The monoisotopic (exact) mass is 423 g/mol. The number of rotatable bonds is 6. The molecular formula is C18H18ClN3O5S. The number of nitrogens with one attached hydrogen (secondary N) is 1. The molecule has 2 N–H and O–H groups in total. The summed E-state index contributed by atoms with van der Waals surface area (Å²) in [6.45, 7) is 1.80. The van der Waals surface area contributed by atoms with E-state index in [2.05, 4.69) is 10.3 Å². The van der Waals surface area contributed by atoms with Crippen molar-refractivity contribution in [2.45, 2.75) is 44.1 Å². The van der Waals surface area contributed by atoms with Gasteiger partial charge in [0.15, 0.2) is 17.2 Å². The minimum absolute atomic E-state index is 0.0120. The summed E-state index contributed by atoms with van der Waals surface area (Å²) in [4.78, 5) is 30.9. The average molecular weight is 424 g/mol. The van der Waals surface area contributed by atoms with Gasteiger partial charge in [-0.2, -0.15) is 0 Å². The van der Waals surface area contributed by atoms with Crippen molar-refractivity contribution in [3.05, 3.63) is 56.0 Å². The summed E-state index contributed by atoms with van der Waals surface area (Å²) < 4.78 is 22.1. The molecule has 0 saturated heterocycles. The SMILES string of the molecule is CC1=NOC(c2c(CS(=O)O)ccc(C(=O)c3c[nH]n(C4CC4)c3=O)c2Cl)C1. The molecule has 1 saturated carbocycles. The van der Waals surface area contributed by atoms with E-state index in [0.29, 0.717) is 17.5 Å². The highest BCUT2D eigenvalue weighted by atomic mass is 35.5. The van der Waals surface area contributed by atoms with E-state index in [1.54, 1.807) is 13.0 Å². The summed E-state index contributed by atoms with van der Waals surface area (Å²) in [5.74, 6) is -0.652. The third-order valence-electron chi connectivity index (χ3n) is 4.89. The molecule has 1 aromatic heterocycles. The lowest BCUT2D eigenvalue weighted by atomic mass is 9.94. The van der Waals surface area contributed by atoms with Gasteiger partial charge in [0.1, 0.15) is 5.56 Å². The first kappa shape index (κ1) is 19.1. The minimum Gasteiger partial charge on any atom is -0.387 e. The fourth-order valence-corrected chi connectivity index (χ4v) is 4.27. The molecule has 0 spiro atoms. The third kappa shape index (κ3) is 3.45. The number of ketones is 1. The average Bonchev–Trinajstić information content (AvgIpc) is 3.27. The van der Waals surface area contributed by atoms with Gasteiger partial charge in [-0.05, 0) is 31.4 Å². The molecule has 28 heavy (non-hydrogen) atoms. The molecule has 0 amide bonds. The largest absolute Gasteiger partial charge is 0.387 e. The first-order chi connectivity index (χ1) is 13.4. The van der Waals surface area contributed by atoms with E-state index in [1.165, 1.54) is 16.9 Å². The van der Waals surface area contributed by atoms with E-state index in [9.17, 15) is 18.4 Å². The molecular weight excluding hydrogens is 406 g/mol. The maximum Gasteiger partial charge on any atom is 0.277 e. The van der Waals surface area contributed by atoms with Crippen LogP contribution in [0, 0.1) is 0 Å². The van der Waals surface area contributed by atoms with E-state index < -0.39 is 23.0 Å². The molecule has 1 aromatic carbocycles. The predicted molar refractivity (Wildman–Crippen MR) is 104 cm³/mol. The maximum absolute atomic E-state index is 13.0. The maximum atomic E-state index is 13.0. The van der Waals surface area contributed by atoms with Crippen molar-refractivity contribution < 1.29 is 18.4 Å². The Morgan fingerprint density at radius 1 is 1.43 bits per heavy atom. The third-order valence-corrected chi connectivity index (χ3v) is 5.85. The predicted octanol–water partition coefficient (Wildman–Crippen LogP) is 2.95. The van der Waals surface area contributed by atoms with Crippen LogP contribution in [-0.4, -0.2) is 30.0 Å². The zero-order valence-corrected chi connectivity index (χ0v) is 16.5. The van der Waals surface area contributed by atoms with Crippen LogP contribution < -0.4 is 5.56 Å². The second kappa shape index (κ2) is 7.31. The summed E-state index contributed by atoms with van der Waals surface area (Å²) in [6.07, 6.45) is 3.12. The summed E-state index contributed by atoms with van der Waals surface area (Å²) in [5.41, 5.74) is 1.50. The van der Waals surface area contributed by atoms with Crippen molar-refractivity contribution in [1.29, 1.82) is 0 Å². The van der Waals surface area contributed by atoms with Crippen LogP contribution >= 0.6 is 11.6 Å². The van der Waals surface area contributed by atoms with Crippen LogP contribution in [0.1, 0.15) is 65.4 Å². The summed E-state index contributed by atoms with van der Waals surface area (Å²) in [7, 11) is 0. The van der Waals surface area contributed by atoms with Crippen molar-refractivity contribution in [2.75, 3.05) is 0 Å². The Kier molecular flexibility index (Phi) is 4.98. The molecule has 0 bridgehead atoms. The molecule has 2 aliphatic rings. The Labute approximate surface area is 167 Å². The molecule has 0 radical (unpaired) electrons. The van der Waals surface area contributed by atoms with Crippen LogP contribution in [0.25, 0.3) is 0 Å². The molecule has 2 heterocycles. The number of halogens is 1. The number of H-pyrrole nitrogens is 1. The van der Waals surface area contributed by atoms with Crippen LogP contribution in [0.2, 0.25) is 5.02 Å². The first-order valence-corrected chi connectivity index (χ1v) is 10.4. The van der Waals surface area contributed by atoms with Gasteiger partial charge in [-0.25, -0.2) is 8.89 Å². The van der Waals surface area contributed by atoms with E-state index in [1.807, 2.05) is 0 Å². The number of nitrogens with zero attached hydrogens (tertiary/aromatic N) is 2. The van der Waals surface area contributed by atoms with Gasteiger partial charge in [-0.1, -0.05) is 22.8 Å². The highest BCUT2D eigenvalue weighted by Crippen LogP contribution is 2.38. The van der Waals surface area contributed by atoms with Gasteiger partial charge in [0.25, 0.3) is 5.56 Å². The normalized spacial score (nSPS) is 20.0. The van der Waals surface area contributed by atoms with Gasteiger partial charge in [-0.3, -0.25) is 9.59 Å². The Bertz CT molecular complexity index is 1070. The van der Waals surface area contributed by atoms with E-state index in [4.69, 9.17) is 16.4 Å². The Morgan fingerprint density at radius 3 is 2.79 bits per heavy atom. The highest BCUT2D eigenvalue weighted by molar-refractivity contribution is 7.78. The van der Waals surface area contributed by atoms with Gasteiger partial charge < -0.3 is 14.5 Å². The topological polar surface area (TPSA) is 114 Å². The van der Waals surface area contributed by atoms with Crippen LogP contribution in [0.4, 0.5) is 0 Å². The molecule has 1 aliphatic heterocycles. The number of benzene rings is 1. The molecule has 10 heteroatoms. The number of carbonyl (C=O) groups is 1. The molecule has 2 unspecified atom stereocenters. The highest BCUT2D eigenvalue weighted by Gasteiger charge is 2.31. The van der Waals surface area contributed by atoms with Crippen molar-refractivity contribution in [1.82, 2.24) is 9.78 Å². The number of oxime groups is 1. The smallest absolute Gasteiger partial charge is 0.277 e. The number of hydrogen-bond acceptors (Lipinski definition) is 5. The number of hydrogen-bond donors (Lipinski definition) is 2. The molecule has 8 nitrogen and oxygen atoms in total. The number of aromatic amines is 1. The van der Waals surface area contributed by atoms with Crippen LogP contribution in [0.5, 0.6) is 0 Å². The van der Waals surface area contributed by atoms with Crippen molar-refractivity contribution in [2.24, 2.45) is 5.16 Å². The molecule has 2 atom stereocenters. The fraction of sp³-hybridized carbons (Fsp3) is 0.389. The van der Waals surface area contributed by atoms with Gasteiger partial charge in [0.2, 0.25) is 5.78 Å². The zero-order chi connectivity index (χ0) is 20.0. The molecule has 1 fully saturated rings. The Morgan fingerprint density at radius 2 is 2.18 bits per heavy atom. The molecule has 1 aliphatic carbocycles. The van der Waals surface area contributed by atoms with Crippen LogP contribution in [0.3, 0.4) is 0 Å². The Balaban J connectivity index is 1.76. The lowest BCUT2D eigenvalue weighted by Crippen LogP contribution is -2.21. The fourth-order valence-electron chi connectivity index (χ4n) is 3.36. The summed E-state index contributed by atoms with van der Waals surface area (Å²) >= 11 is 4.46. The van der Waals surface area contributed by atoms with Crippen molar-refractivity contribution in [3.63, 3.8) is 0 Å². The lowest BCUT2D eigenvalue weighted by Gasteiger charge is -2.17.